The summed E-state index contributed by atoms with van der Waals surface area (Å²) in [5.74, 6) is 0.0541. The van der Waals surface area contributed by atoms with Crippen LogP contribution in [-0.4, -0.2) is 44.7 Å². The van der Waals surface area contributed by atoms with E-state index in [0.717, 1.165) is 63.4 Å². The van der Waals surface area contributed by atoms with E-state index in [2.05, 4.69) is 0 Å². The molecule has 198 valence electrons. The zero-order valence-electron chi connectivity index (χ0n) is 22.3. The number of esters is 2. The van der Waals surface area contributed by atoms with E-state index in [1.165, 1.54) is 0 Å². The number of hydrogen-bond acceptors (Lipinski definition) is 7. The first-order valence-electron chi connectivity index (χ1n) is 13.0. The summed E-state index contributed by atoms with van der Waals surface area (Å²) < 4.78 is 28.1. The van der Waals surface area contributed by atoms with Crippen LogP contribution in [-0.2, 0) is 30.2 Å². The molecule has 1 aromatic carbocycles. The monoisotopic (exact) mass is 492 g/mol. The second kappa shape index (κ2) is 14.4. The predicted octanol–water partition coefficient (Wildman–Crippen LogP) is 6.01. The van der Waals surface area contributed by atoms with E-state index in [9.17, 15) is 9.59 Å². The minimum atomic E-state index is -0.587. The molecule has 7 heteroatoms. The third-order valence-electron chi connectivity index (χ3n) is 6.15. The second-order valence-corrected chi connectivity index (χ2v) is 10.2. The first-order chi connectivity index (χ1) is 16.7. The minimum Gasteiger partial charge on any atom is -0.493 e. The summed E-state index contributed by atoms with van der Waals surface area (Å²) in [4.78, 5) is 23.6. The summed E-state index contributed by atoms with van der Waals surface area (Å²) in [6.07, 6.45) is 9.31. The van der Waals surface area contributed by atoms with Crippen molar-refractivity contribution >= 4 is 11.9 Å². The van der Waals surface area contributed by atoms with Crippen LogP contribution in [0.1, 0.15) is 91.0 Å². The van der Waals surface area contributed by atoms with E-state index >= 15 is 0 Å². The molecular formula is C28H44O7. The Morgan fingerprint density at radius 3 is 2.23 bits per heavy atom. The Balaban J connectivity index is 1.78. The summed E-state index contributed by atoms with van der Waals surface area (Å²) in [5.41, 5.74) is 0.494. The Morgan fingerprint density at radius 1 is 0.943 bits per heavy atom. The average Bonchev–Trinajstić information content (AvgIpc) is 3.28. The van der Waals surface area contributed by atoms with Gasteiger partial charge in [0.05, 0.1) is 32.3 Å². The van der Waals surface area contributed by atoms with Crippen molar-refractivity contribution in [3.63, 3.8) is 0 Å². The van der Waals surface area contributed by atoms with Gasteiger partial charge in [0.15, 0.2) is 17.3 Å². The Labute approximate surface area is 210 Å². The van der Waals surface area contributed by atoms with Crippen LogP contribution in [0.4, 0.5) is 0 Å². The van der Waals surface area contributed by atoms with E-state index in [1.807, 2.05) is 39.8 Å². The van der Waals surface area contributed by atoms with Crippen molar-refractivity contribution in [3.05, 3.63) is 23.8 Å². The van der Waals surface area contributed by atoms with Crippen LogP contribution in [0.25, 0.3) is 0 Å². The molecule has 1 heterocycles. The normalized spacial score (nSPS) is 15.1. The van der Waals surface area contributed by atoms with E-state index < -0.39 is 11.2 Å². The number of benzene rings is 1. The van der Waals surface area contributed by atoms with Crippen LogP contribution < -0.4 is 9.47 Å². The molecule has 0 aromatic heterocycles. The Hall–Kier alpha value is -2.12. The SMILES string of the molecule is CCOC(=O)CCCCCCCCC1(CCc2ccc(OC(=O)C(C)(C)C)c(OC)c2)OCCO1. The number of ether oxygens (including phenoxy) is 5. The number of carbonyl (C=O) groups excluding carboxylic acids is 2. The van der Waals surface area contributed by atoms with Gasteiger partial charge in [-0.2, -0.15) is 0 Å². The summed E-state index contributed by atoms with van der Waals surface area (Å²) >= 11 is 0. The van der Waals surface area contributed by atoms with Gasteiger partial charge in [0.2, 0.25) is 0 Å². The number of aryl methyl sites for hydroxylation is 1. The summed E-state index contributed by atoms with van der Waals surface area (Å²) in [6, 6.07) is 5.68. The van der Waals surface area contributed by atoms with Crippen molar-refractivity contribution in [2.24, 2.45) is 5.41 Å². The van der Waals surface area contributed by atoms with Crippen molar-refractivity contribution in [1.82, 2.24) is 0 Å². The van der Waals surface area contributed by atoms with Crippen molar-refractivity contribution in [2.75, 3.05) is 26.9 Å². The summed E-state index contributed by atoms with van der Waals surface area (Å²) in [5, 5.41) is 0. The van der Waals surface area contributed by atoms with Gasteiger partial charge in [0, 0.05) is 19.3 Å². The molecule has 1 saturated heterocycles. The number of rotatable bonds is 15. The zero-order chi connectivity index (χ0) is 25.7. The molecule has 1 aliphatic heterocycles. The van der Waals surface area contributed by atoms with Crippen LogP contribution in [0.2, 0.25) is 0 Å². The van der Waals surface area contributed by atoms with Crippen LogP contribution in [0.5, 0.6) is 11.5 Å². The molecule has 0 spiro atoms. The fraction of sp³-hybridized carbons (Fsp3) is 0.714. The quantitative estimate of drug-likeness (QED) is 0.169. The number of methoxy groups -OCH3 is 1. The zero-order valence-corrected chi connectivity index (χ0v) is 22.3. The van der Waals surface area contributed by atoms with Gasteiger partial charge in [-0.1, -0.05) is 31.7 Å². The molecule has 0 radical (unpaired) electrons. The standard InChI is InChI=1S/C28H44O7/c1-6-32-25(29)13-11-9-7-8-10-12-17-28(33-19-20-34-28)18-16-22-14-15-23(24(21-22)31-5)35-26(30)27(2,3)4/h14-15,21H,6-13,16-20H2,1-5H3. The van der Waals surface area contributed by atoms with E-state index in [1.54, 1.807) is 13.2 Å². The molecule has 35 heavy (non-hydrogen) atoms. The van der Waals surface area contributed by atoms with Crippen molar-refractivity contribution < 1.29 is 33.3 Å². The first kappa shape index (κ1) is 29.1. The minimum absolute atomic E-state index is 0.0943. The molecule has 1 aromatic rings. The molecule has 0 aliphatic carbocycles. The maximum Gasteiger partial charge on any atom is 0.316 e. The van der Waals surface area contributed by atoms with Gasteiger partial charge in [0.1, 0.15) is 0 Å². The van der Waals surface area contributed by atoms with E-state index in [4.69, 9.17) is 23.7 Å². The second-order valence-electron chi connectivity index (χ2n) is 10.2. The van der Waals surface area contributed by atoms with Crippen molar-refractivity contribution in [1.29, 1.82) is 0 Å². The number of unbranched alkanes of at least 4 members (excludes halogenated alkanes) is 5. The highest BCUT2D eigenvalue weighted by atomic mass is 16.7. The van der Waals surface area contributed by atoms with Crippen LogP contribution in [0, 0.1) is 5.41 Å². The fourth-order valence-electron chi connectivity index (χ4n) is 4.05. The van der Waals surface area contributed by atoms with Crippen molar-refractivity contribution in [3.8, 4) is 11.5 Å². The molecular weight excluding hydrogens is 448 g/mol. The molecule has 0 atom stereocenters. The lowest BCUT2D eigenvalue weighted by molar-refractivity contribution is -0.167. The summed E-state index contributed by atoms with van der Waals surface area (Å²) in [6.45, 7) is 9.01. The fourth-order valence-corrected chi connectivity index (χ4v) is 4.05. The Morgan fingerprint density at radius 2 is 1.60 bits per heavy atom. The molecule has 7 nitrogen and oxygen atoms in total. The molecule has 0 amide bonds. The predicted molar refractivity (Wildman–Crippen MR) is 135 cm³/mol. The van der Waals surface area contributed by atoms with Gasteiger partial charge < -0.3 is 23.7 Å². The molecule has 0 unspecified atom stereocenters. The Bertz CT molecular complexity index is 791. The largest absolute Gasteiger partial charge is 0.493 e. The highest BCUT2D eigenvalue weighted by molar-refractivity contribution is 5.78. The number of carbonyl (C=O) groups is 2. The highest BCUT2D eigenvalue weighted by Gasteiger charge is 2.35. The Kier molecular flexibility index (Phi) is 12.0. The highest BCUT2D eigenvalue weighted by Crippen LogP contribution is 2.34. The maximum atomic E-state index is 12.2. The lowest BCUT2D eigenvalue weighted by atomic mass is 9.97. The molecule has 1 fully saturated rings. The molecule has 2 rings (SSSR count). The van der Waals surface area contributed by atoms with Gasteiger partial charge in [0.25, 0.3) is 0 Å². The topological polar surface area (TPSA) is 80.3 Å². The van der Waals surface area contributed by atoms with E-state index in [0.29, 0.717) is 37.7 Å². The molecule has 0 saturated carbocycles. The van der Waals surface area contributed by atoms with Gasteiger partial charge in [-0.25, -0.2) is 0 Å². The molecule has 0 bridgehead atoms. The van der Waals surface area contributed by atoms with Gasteiger partial charge in [-0.05, 0) is 64.7 Å². The maximum absolute atomic E-state index is 12.2. The number of hydrogen-bond donors (Lipinski definition) is 0. The lowest BCUT2D eigenvalue weighted by Crippen LogP contribution is -2.30. The lowest BCUT2D eigenvalue weighted by Gasteiger charge is -2.27. The molecule has 1 aliphatic rings. The van der Waals surface area contributed by atoms with Crippen molar-refractivity contribution in [2.45, 2.75) is 97.7 Å². The van der Waals surface area contributed by atoms with Gasteiger partial charge in [-0.15, -0.1) is 0 Å². The smallest absolute Gasteiger partial charge is 0.316 e. The first-order valence-corrected chi connectivity index (χ1v) is 13.0. The van der Waals surface area contributed by atoms with Crippen LogP contribution in [0.15, 0.2) is 18.2 Å². The summed E-state index contributed by atoms with van der Waals surface area (Å²) in [7, 11) is 1.58. The molecule has 0 N–H and O–H groups in total. The van der Waals surface area contributed by atoms with Crippen LogP contribution in [0.3, 0.4) is 0 Å². The average molecular weight is 493 g/mol. The van der Waals surface area contributed by atoms with Gasteiger partial charge in [-0.3, -0.25) is 9.59 Å². The van der Waals surface area contributed by atoms with Gasteiger partial charge >= 0.3 is 11.9 Å². The van der Waals surface area contributed by atoms with Crippen LogP contribution >= 0.6 is 0 Å². The third-order valence-corrected chi connectivity index (χ3v) is 6.15. The van der Waals surface area contributed by atoms with E-state index in [-0.39, 0.29) is 11.9 Å². The third kappa shape index (κ3) is 10.2.